The van der Waals surface area contributed by atoms with Crippen molar-refractivity contribution in [2.75, 3.05) is 0 Å². The monoisotopic (exact) mass is 207 g/mol. The SMILES string of the molecule is O=C(O)c1cnoc1C1CC2CCC1C2. The number of aromatic nitrogens is 1. The van der Waals surface area contributed by atoms with E-state index in [1.165, 1.54) is 25.5 Å². The third kappa shape index (κ3) is 1.28. The highest BCUT2D eigenvalue weighted by Gasteiger charge is 2.43. The van der Waals surface area contributed by atoms with Crippen molar-refractivity contribution >= 4 is 5.97 Å². The van der Waals surface area contributed by atoms with Crippen LogP contribution in [0.3, 0.4) is 0 Å². The Hall–Kier alpha value is -1.32. The first-order valence-electron chi connectivity index (χ1n) is 5.43. The normalized spacial score (nSPS) is 33.5. The van der Waals surface area contributed by atoms with Crippen molar-refractivity contribution in [3.8, 4) is 0 Å². The molecule has 2 aliphatic carbocycles. The van der Waals surface area contributed by atoms with Gasteiger partial charge in [-0.1, -0.05) is 11.6 Å². The highest BCUT2D eigenvalue weighted by atomic mass is 16.5. The van der Waals surface area contributed by atoms with Crippen molar-refractivity contribution in [3.05, 3.63) is 17.5 Å². The van der Waals surface area contributed by atoms with Gasteiger partial charge in [-0.15, -0.1) is 0 Å². The van der Waals surface area contributed by atoms with Crippen LogP contribution in [0, 0.1) is 11.8 Å². The minimum absolute atomic E-state index is 0.257. The molecular formula is C11H13NO3. The molecule has 0 aliphatic heterocycles. The van der Waals surface area contributed by atoms with Crippen LogP contribution in [0.2, 0.25) is 0 Å². The number of carbonyl (C=O) groups is 1. The Morgan fingerprint density at radius 2 is 2.33 bits per heavy atom. The first kappa shape index (κ1) is 8.95. The molecule has 15 heavy (non-hydrogen) atoms. The van der Waals surface area contributed by atoms with E-state index in [2.05, 4.69) is 5.16 Å². The summed E-state index contributed by atoms with van der Waals surface area (Å²) in [7, 11) is 0. The van der Waals surface area contributed by atoms with Crippen LogP contribution in [-0.4, -0.2) is 16.2 Å². The summed E-state index contributed by atoms with van der Waals surface area (Å²) < 4.78 is 5.13. The topological polar surface area (TPSA) is 63.3 Å². The fourth-order valence-electron chi connectivity index (χ4n) is 3.24. The summed E-state index contributed by atoms with van der Waals surface area (Å²) in [6.07, 6.45) is 6.17. The van der Waals surface area contributed by atoms with E-state index in [1.807, 2.05) is 0 Å². The molecule has 0 radical (unpaired) electrons. The summed E-state index contributed by atoms with van der Waals surface area (Å²) >= 11 is 0. The molecule has 4 heteroatoms. The van der Waals surface area contributed by atoms with Crippen molar-refractivity contribution in [1.82, 2.24) is 5.16 Å². The molecule has 3 atom stereocenters. The summed E-state index contributed by atoms with van der Waals surface area (Å²) in [5, 5.41) is 12.6. The number of carboxylic acid groups (broad SMARTS) is 1. The van der Waals surface area contributed by atoms with Gasteiger partial charge in [-0.3, -0.25) is 0 Å². The molecule has 2 aliphatic rings. The van der Waals surface area contributed by atoms with E-state index in [0.29, 0.717) is 17.6 Å². The Bertz CT molecular complexity index is 398. The molecular weight excluding hydrogens is 194 g/mol. The number of fused-ring (bicyclic) bond motifs is 2. The van der Waals surface area contributed by atoms with Crippen LogP contribution in [0.4, 0.5) is 0 Å². The largest absolute Gasteiger partial charge is 0.478 e. The van der Waals surface area contributed by atoms with Gasteiger partial charge >= 0.3 is 5.97 Å². The molecule has 1 N–H and O–H groups in total. The van der Waals surface area contributed by atoms with Gasteiger partial charge in [0, 0.05) is 5.92 Å². The highest BCUT2D eigenvalue weighted by Crippen LogP contribution is 2.53. The summed E-state index contributed by atoms with van der Waals surface area (Å²) in [5.41, 5.74) is 0.257. The molecule has 2 fully saturated rings. The summed E-state index contributed by atoms with van der Waals surface area (Å²) in [6, 6.07) is 0. The maximum atomic E-state index is 10.9. The van der Waals surface area contributed by atoms with E-state index in [9.17, 15) is 4.79 Å². The second kappa shape index (κ2) is 3.08. The number of hydrogen-bond donors (Lipinski definition) is 1. The number of nitrogens with zero attached hydrogens (tertiary/aromatic N) is 1. The smallest absolute Gasteiger partial charge is 0.340 e. The Morgan fingerprint density at radius 1 is 1.47 bits per heavy atom. The lowest BCUT2D eigenvalue weighted by Gasteiger charge is -2.19. The van der Waals surface area contributed by atoms with E-state index in [-0.39, 0.29) is 5.56 Å². The van der Waals surface area contributed by atoms with Crippen molar-refractivity contribution in [1.29, 1.82) is 0 Å². The van der Waals surface area contributed by atoms with Crippen LogP contribution in [0.1, 0.15) is 47.7 Å². The Kier molecular flexibility index (Phi) is 1.84. The first-order valence-corrected chi connectivity index (χ1v) is 5.43. The zero-order valence-electron chi connectivity index (χ0n) is 8.35. The fourth-order valence-corrected chi connectivity index (χ4v) is 3.24. The number of aromatic carboxylic acids is 1. The molecule has 4 nitrogen and oxygen atoms in total. The van der Waals surface area contributed by atoms with Crippen molar-refractivity contribution < 1.29 is 14.4 Å². The standard InChI is InChI=1S/C11H13NO3/c13-11(14)9-5-12-15-10(9)8-4-6-1-2-7(8)3-6/h5-8H,1-4H2,(H,13,14). The Morgan fingerprint density at radius 3 is 2.93 bits per heavy atom. The molecule has 0 aromatic carbocycles. The number of carboxylic acids is 1. The van der Waals surface area contributed by atoms with Crippen molar-refractivity contribution in [2.45, 2.75) is 31.6 Å². The molecule has 3 rings (SSSR count). The third-order valence-electron chi connectivity index (χ3n) is 3.90. The highest BCUT2D eigenvalue weighted by molar-refractivity contribution is 5.88. The van der Waals surface area contributed by atoms with Crippen LogP contribution < -0.4 is 0 Å². The molecule has 80 valence electrons. The molecule has 2 saturated carbocycles. The third-order valence-corrected chi connectivity index (χ3v) is 3.90. The van der Waals surface area contributed by atoms with E-state index in [1.54, 1.807) is 0 Å². The second-order valence-corrected chi connectivity index (χ2v) is 4.69. The molecule has 0 amide bonds. The number of hydrogen-bond acceptors (Lipinski definition) is 3. The molecule has 2 bridgehead atoms. The van der Waals surface area contributed by atoms with Crippen molar-refractivity contribution in [3.63, 3.8) is 0 Å². The predicted molar refractivity (Wildman–Crippen MR) is 51.7 cm³/mol. The van der Waals surface area contributed by atoms with E-state index in [4.69, 9.17) is 9.63 Å². The van der Waals surface area contributed by atoms with Gasteiger partial charge in [-0.05, 0) is 31.1 Å². The number of rotatable bonds is 2. The maximum Gasteiger partial charge on any atom is 0.340 e. The van der Waals surface area contributed by atoms with Crippen LogP contribution in [0.5, 0.6) is 0 Å². The van der Waals surface area contributed by atoms with Gasteiger partial charge in [0.25, 0.3) is 0 Å². The van der Waals surface area contributed by atoms with Crippen LogP contribution >= 0.6 is 0 Å². The van der Waals surface area contributed by atoms with Crippen LogP contribution in [0.25, 0.3) is 0 Å². The maximum absolute atomic E-state index is 10.9. The molecule has 0 spiro atoms. The van der Waals surface area contributed by atoms with E-state index < -0.39 is 5.97 Å². The first-order chi connectivity index (χ1) is 7.25. The van der Waals surface area contributed by atoms with Gasteiger partial charge in [0.15, 0.2) is 5.76 Å². The minimum Gasteiger partial charge on any atom is -0.478 e. The summed E-state index contributed by atoms with van der Waals surface area (Å²) in [6.45, 7) is 0. The molecule has 1 heterocycles. The summed E-state index contributed by atoms with van der Waals surface area (Å²) in [4.78, 5) is 10.9. The minimum atomic E-state index is -0.922. The molecule has 1 aromatic heterocycles. The van der Waals surface area contributed by atoms with Gasteiger partial charge in [0.05, 0.1) is 6.20 Å². The van der Waals surface area contributed by atoms with Crippen LogP contribution in [-0.2, 0) is 0 Å². The zero-order valence-corrected chi connectivity index (χ0v) is 8.35. The van der Waals surface area contributed by atoms with Gasteiger partial charge in [-0.25, -0.2) is 4.79 Å². The molecule has 3 unspecified atom stereocenters. The van der Waals surface area contributed by atoms with Gasteiger partial charge in [0.1, 0.15) is 5.56 Å². The fraction of sp³-hybridized carbons (Fsp3) is 0.636. The van der Waals surface area contributed by atoms with E-state index in [0.717, 1.165) is 12.3 Å². The quantitative estimate of drug-likeness (QED) is 0.808. The Labute approximate surface area is 87.3 Å². The summed E-state index contributed by atoms with van der Waals surface area (Å²) in [5.74, 6) is 1.40. The molecule has 0 saturated heterocycles. The lowest BCUT2D eigenvalue weighted by molar-refractivity contribution is 0.0692. The van der Waals surface area contributed by atoms with E-state index >= 15 is 0 Å². The zero-order chi connectivity index (χ0) is 10.4. The van der Waals surface area contributed by atoms with Gasteiger partial charge < -0.3 is 9.63 Å². The Balaban J connectivity index is 1.93. The van der Waals surface area contributed by atoms with Crippen LogP contribution in [0.15, 0.2) is 10.7 Å². The molecule has 1 aromatic rings. The van der Waals surface area contributed by atoms with Gasteiger partial charge in [-0.2, -0.15) is 0 Å². The van der Waals surface area contributed by atoms with Crippen molar-refractivity contribution in [2.24, 2.45) is 11.8 Å². The lowest BCUT2D eigenvalue weighted by Crippen LogP contribution is -2.11. The second-order valence-electron chi connectivity index (χ2n) is 4.69. The average molecular weight is 207 g/mol. The lowest BCUT2D eigenvalue weighted by atomic mass is 9.85. The van der Waals surface area contributed by atoms with Gasteiger partial charge in [0.2, 0.25) is 0 Å². The predicted octanol–water partition coefficient (Wildman–Crippen LogP) is 2.28. The average Bonchev–Trinajstić information content (AvgIpc) is 2.92.